The van der Waals surface area contributed by atoms with Gasteiger partial charge < -0.3 is 15.2 Å². The summed E-state index contributed by atoms with van der Waals surface area (Å²) >= 11 is 1.86. The Morgan fingerprint density at radius 3 is 2.85 bits per heavy atom. The van der Waals surface area contributed by atoms with E-state index in [0.717, 1.165) is 31.6 Å². The lowest BCUT2D eigenvalue weighted by atomic mass is 9.85. The SMILES string of the molecule is CSCCC(C)NCC(O)COCC1CC=CCC1C. The highest BCUT2D eigenvalue weighted by Gasteiger charge is 2.18. The monoisotopic (exact) mass is 301 g/mol. The third-order valence-electron chi connectivity index (χ3n) is 4.02. The van der Waals surface area contributed by atoms with Crippen molar-refractivity contribution in [2.45, 2.75) is 45.3 Å². The molecule has 4 atom stereocenters. The number of thioether (sulfide) groups is 1. The number of aliphatic hydroxyl groups excluding tert-OH is 1. The van der Waals surface area contributed by atoms with Crippen molar-refractivity contribution < 1.29 is 9.84 Å². The molecule has 0 aliphatic heterocycles. The molecule has 20 heavy (non-hydrogen) atoms. The van der Waals surface area contributed by atoms with Gasteiger partial charge in [0.15, 0.2) is 0 Å². The Kier molecular flexibility index (Phi) is 9.61. The Balaban J connectivity index is 2.05. The maximum absolute atomic E-state index is 9.91. The summed E-state index contributed by atoms with van der Waals surface area (Å²) in [5, 5.41) is 13.3. The number of rotatable bonds is 10. The Hall–Kier alpha value is -0.0300. The molecule has 2 N–H and O–H groups in total. The Bertz CT molecular complexity index is 273. The van der Waals surface area contributed by atoms with Crippen molar-refractivity contribution in [3.8, 4) is 0 Å². The highest BCUT2D eigenvalue weighted by Crippen LogP contribution is 2.24. The van der Waals surface area contributed by atoms with Crippen LogP contribution in [0.25, 0.3) is 0 Å². The molecular weight excluding hydrogens is 270 g/mol. The zero-order chi connectivity index (χ0) is 14.8. The summed E-state index contributed by atoms with van der Waals surface area (Å²) in [4.78, 5) is 0. The van der Waals surface area contributed by atoms with Gasteiger partial charge >= 0.3 is 0 Å². The number of hydrogen-bond donors (Lipinski definition) is 2. The minimum Gasteiger partial charge on any atom is -0.389 e. The fourth-order valence-corrected chi connectivity index (χ4v) is 2.98. The number of nitrogens with one attached hydrogen (secondary N) is 1. The van der Waals surface area contributed by atoms with Gasteiger partial charge in [0.05, 0.1) is 19.3 Å². The van der Waals surface area contributed by atoms with Crippen LogP contribution in [-0.2, 0) is 4.74 Å². The van der Waals surface area contributed by atoms with Gasteiger partial charge in [-0.3, -0.25) is 0 Å². The first-order chi connectivity index (χ1) is 9.63. The topological polar surface area (TPSA) is 41.5 Å². The largest absolute Gasteiger partial charge is 0.389 e. The van der Waals surface area contributed by atoms with Crippen LogP contribution in [0.3, 0.4) is 0 Å². The first-order valence-corrected chi connectivity index (χ1v) is 9.16. The van der Waals surface area contributed by atoms with E-state index in [1.807, 2.05) is 11.8 Å². The van der Waals surface area contributed by atoms with Crippen LogP contribution >= 0.6 is 11.8 Å². The second kappa shape index (κ2) is 10.7. The smallest absolute Gasteiger partial charge is 0.0897 e. The first-order valence-electron chi connectivity index (χ1n) is 7.76. The van der Waals surface area contributed by atoms with Gasteiger partial charge in [-0.2, -0.15) is 11.8 Å². The molecule has 0 saturated heterocycles. The van der Waals surface area contributed by atoms with Gasteiger partial charge in [0.1, 0.15) is 0 Å². The molecule has 0 heterocycles. The first kappa shape index (κ1) is 18.0. The van der Waals surface area contributed by atoms with Gasteiger partial charge in [-0.1, -0.05) is 19.1 Å². The number of ether oxygens (including phenoxy) is 1. The van der Waals surface area contributed by atoms with Crippen LogP contribution in [0.15, 0.2) is 12.2 Å². The van der Waals surface area contributed by atoms with Crippen LogP contribution in [0.4, 0.5) is 0 Å². The third-order valence-corrected chi connectivity index (χ3v) is 4.66. The van der Waals surface area contributed by atoms with Gasteiger partial charge in [-0.15, -0.1) is 0 Å². The zero-order valence-electron chi connectivity index (χ0n) is 13.2. The van der Waals surface area contributed by atoms with Crippen molar-refractivity contribution >= 4 is 11.8 Å². The summed E-state index contributed by atoms with van der Waals surface area (Å²) in [5.74, 6) is 2.47. The lowest BCUT2D eigenvalue weighted by molar-refractivity contribution is 0.0120. The summed E-state index contributed by atoms with van der Waals surface area (Å²) in [6, 6.07) is 0.459. The third kappa shape index (κ3) is 7.67. The van der Waals surface area contributed by atoms with Crippen molar-refractivity contribution in [1.82, 2.24) is 5.32 Å². The molecule has 0 aromatic rings. The maximum atomic E-state index is 9.91. The number of hydrogen-bond acceptors (Lipinski definition) is 4. The van der Waals surface area contributed by atoms with Gasteiger partial charge in [-0.25, -0.2) is 0 Å². The minimum atomic E-state index is -0.402. The second-order valence-corrected chi connectivity index (χ2v) is 6.95. The summed E-state index contributed by atoms with van der Waals surface area (Å²) in [5.41, 5.74) is 0. The van der Waals surface area contributed by atoms with E-state index < -0.39 is 6.10 Å². The van der Waals surface area contributed by atoms with E-state index in [-0.39, 0.29) is 0 Å². The molecule has 1 aliphatic rings. The molecule has 0 aromatic carbocycles. The average Bonchev–Trinajstić information content (AvgIpc) is 2.45. The molecule has 3 nitrogen and oxygen atoms in total. The van der Waals surface area contributed by atoms with Crippen molar-refractivity contribution in [1.29, 1.82) is 0 Å². The van der Waals surface area contributed by atoms with Gasteiger partial charge in [0, 0.05) is 12.6 Å². The molecule has 1 rings (SSSR count). The lowest BCUT2D eigenvalue weighted by Crippen LogP contribution is -2.36. The van der Waals surface area contributed by atoms with Crippen molar-refractivity contribution in [2.75, 3.05) is 31.8 Å². The summed E-state index contributed by atoms with van der Waals surface area (Å²) in [6.45, 7) is 6.28. The molecule has 4 heteroatoms. The highest BCUT2D eigenvalue weighted by molar-refractivity contribution is 7.98. The molecule has 0 saturated carbocycles. The predicted octanol–water partition coefficient (Wildman–Crippen LogP) is 2.70. The van der Waals surface area contributed by atoms with Gasteiger partial charge in [0.25, 0.3) is 0 Å². The Morgan fingerprint density at radius 2 is 2.15 bits per heavy atom. The van der Waals surface area contributed by atoms with E-state index in [1.165, 1.54) is 0 Å². The van der Waals surface area contributed by atoms with Crippen LogP contribution in [0.5, 0.6) is 0 Å². The fourth-order valence-electron chi connectivity index (χ4n) is 2.39. The molecule has 0 radical (unpaired) electrons. The van der Waals surface area contributed by atoms with Crippen molar-refractivity contribution in [3.05, 3.63) is 12.2 Å². The molecule has 0 spiro atoms. The van der Waals surface area contributed by atoms with E-state index in [1.54, 1.807) is 0 Å². The summed E-state index contributed by atoms with van der Waals surface area (Å²) < 4.78 is 5.69. The lowest BCUT2D eigenvalue weighted by Gasteiger charge is -2.25. The van der Waals surface area contributed by atoms with Crippen molar-refractivity contribution in [2.24, 2.45) is 11.8 Å². The zero-order valence-corrected chi connectivity index (χ0v) is 14.0. The second-order valence-electron chi connectivity index (χ2n) is 5.96. The number of aliphatic hydroxyl groups is 1. The van der Waals surface area contributed by atoms with E-state index in [9.17, 15) is 5.11 Å². The van der Waals surface area contributed by atoms with Crippen LogP contribution in [0.2, 0.25) is 0 Å². The van der Waals surface area contributed by atoms with E-state index in [2.05, 4.69) is 37.6 Å². The van der Waals surface area contributed by atoms with Crippen LogP contribution < -0.4 is 5.32 Å². The summed E-state index contributed by atoms with van der Waals surface area (Å²) in [7, 11) is 0. The number of allylic oxidation sites excluding steroid dienone is 2. The molecule has 0 aromatic heterocycles. The standard InChI is InChI=1S/C16H31NO2S/c1-13-6-4-5-7-15(13)11-19-12-16(18)10-17-14(2)8-9-20-3/h4-5,13-18H,6-12H2,1-3H3. The Labute approximate surface area is 128 Å². The van der Waals surface area contributed by atoms with Crippen LogP contribution in [0.1, 0.15) is 33.1 Å². The molecule has 0 bridgehead atoms. The Morgan fingerprint density at radius 1 is 1.40 bits per heavy atom. The van der Waals surface area contributed by atoms with Crippen LogP contribution in [0, 0.1) is 11.8 Å². The van der Waals surface area contributed by atoms with Crippen LogP contribution in [-0.4, -0.2) is 49.0 Å². The molecule has 4 unspecified atom stereocenters. The minimum absolute atomic E-state index is 0.402. The summed E-state index contributed by atoms with van der Waals surface area (Å²) in [6.07, 6.45) is 9.64. The van der Waals surface area contributed by atoms with E-state index in [0.29, 0.717) is 31.0 Å². The molecular formula is C16H31NO2S. The highest BCUT2D eigenvalue weighted by atomic mass is 32.2. The van der Waals surface area contributed by atoms with Gasteiger partial charge in [0.2, 0.25) is 0 Å². The maximum Gasteiger partial charge on any atom is 0.0897 e. The molecule has 118 valence electrons. The molecule has 0 amide bonds. The quantitative estimate of drug-likeness (QED) is 0.609. The normalized spacial score (nSPS) is 25.6. The van der Waals surface area contributed by atoms with Gasteiger partial charge in [-0.05, 0) is 50.0 Å². The molecule has 0 fully saturated rings. The fraction of sp³-hybridized carbons (Fsp3) is 0.875. The predicted molar refractivity (Wildman–Crippen MR) is 88.3 cm³/mol. The van der Waals surface area contributed by atoms with E-state index >= 15 is 0 Å². The van der Waals surface area contributed by atoms with E-state index in [4.69, 9.17) is 4.74 Å². The van der Waals surface area contributed by atoms with Crippen molar-refractivity contribution in [3.63, 3.8) is 0 Å². The average molecular weight is 301 g/mol. The molecule has 1 aliphatic carbocycles.